The van der Waals surface area contributed by atoms with Crippen LogP contribution < -0.4 is 25.0 Å². The molecule has 0 aliphatic carbocycles. The van der Waals surface area contributed by atoms with Crippen LogP contribution in [0.1, 0.15) is 29.8 Å². The number of fused-ring (bicyclic) bond motifs is 2. The number of carbonyl (C=O) groups is 1. The second kappa shape index (κ2) is 11.6. The number of nitrogens with zero attached hydrogens (tertiary/aromatic N) is 4. The van der Waals surface area contributed by atoms with Gasteiger partial charge in [0.25, 0.3) is 0 Å². The first kappa shape index (κ1) is 28.1. The second-order valence-corrected chi connectivity index (χ2v) is 10.4. The number of rotatable bonds is 7. The van der Waals surface area contributed by atoms with Crippen LogP contribution in [0.3, 0.4) is 0 Å². The molecule has 0 radical (unpaired) electrons. The van der Waals surface area contributed by atoms with E-state index >= 15 is 0 Å². The number of ether oxygens (including phenoxy) is 2. The maximum atomic E-state index is 13.0. The molecule has 0 spiro atoms. The monoisotopic (exact) mass is 558 g/mol. The zero-order valence-corrected chi connectivity index (χ0v) is 22.7. The van der Waals surface area contributed by atoms with Crippen LogP contribution in [0.5, 0.6) is 11.8 Å². The fourth-order valence-corrected chi connectivity index (χ4v) is 5.17. The molecule has 2 unspecified atom stereocenters. The Kier molecular flexibility index (Phi) is 8.11. The van der Waals surface area contributed by atoms with Crippen LogP contribution in [0.15, 0.2) is 36.4 Å². The summed E-state index contributed by atoms with van der Waals surface area (Å²) in [5, 5.41) is 8.40. The molecule has 2 N–H and O–H groups in total. The maximum absolute atomic E-state index is 13.0. The Hall–Kier alpha value is -3.48. The molecule has 9 nitrogen and oxygen atoms in total. The lowest BCUT2D eigenvalue weighted by Crippen LogP contribution is -2.46. The van der Waals surface area contributed by atoms with Crippen molar-refractivity contribution in [3.05, 3.63) is 53.2 Å². The molecule has 5 rings (SSSR count). The average Bonchev–Trinajstić information content (AvgIpc) is 2.92. The van der Waals surface area contributed by atoms with Crippen LogP contribution >= 0.6 is 0 Å². The van der Waals surface area contributed by atoms with Crippen molar-refractivity contribution in [1.29, 1.82) is 0 Å². The number of likely N-dealkylation sites (N-methyl/N-ethyl adjacent to an activating group) is 1. The average molecular weight is 559 g/mol. The molecule has 3 heterocycles. The van der Waals surface area contributed by atoms with Gasteiger partial charge in [0.2, 0.25) is 0 Å². The molecule has 12 heteroatoms. The van der Waals surface area contributed by atoms with E-state index in [1.165, 1.54) is 12.1 Å². The molecule has 0 saturated carbocycles. The largest absolute Gasteiger partial charge is 0.491 e. The van der Waals surface area contributed by atoms with Gasteiger partial charge in [-0.3, -0.25) is 0 Å². The van der Waals surface area contributed by atoms with Crippen LogP contribution in [0.2, 0.25) is 0 Å². The van der Waals surface area contributed by atoms with Crippen molar-refractivity contribution in [1.82, 2.24) is 25.5 Å². The minimum absolute atomic E-state index is 0.0171. The second-order valence-electron chi connectivity index (χ2n) is 10.4. The Bertz CT molecular complexity index is 1380. The molecule has 2 aromatic carbocycles. The molecule has 0 amide bonds. The van der Waals surface area contributed by atoms with Gasteiger partial charge < -0.3 is 29.9 Å². The number of piperazine rings is 1. The first-order valence-corrected chi connectivity index (χ1v) is 13.3. The Morgan fingerprint density at radius 1 is 1.15 bits per heavy atom. The Morgan fingerprint density at radius 2 is 1.90 bits per heavy atom. The van der Waals surface area contributed by atoms with Crippen LogP contribution in [-0.2, 0) is 11.2 Å². The van der Waals surface area contributed by atoms with Gasteiger partial charge in [-0.15, -0.1) is 0 Å². The summed E-state index contributed by atoms with van der Waals surface area (Å²) < 4.78 is 49.9. The highest BCUT2D eigenvalue weighted by Gasteiger charge is 2.41. The smallest absolute Gasteiger partial charge is 0.462 e. The standard InChI is InChI=1S/C28H33F3N6O3/c1-17-14-22-24(34-27(39-13-12-36(2)3)35-25(22)37-10-8-32-9-11-37)23(33-17)21-16-19(40-26(38)28(29,30)31)15-18-6-4-5-7-20(18)21/h4-7,15-17,23,32-33H,8-14H2,1-3H3. The number of hydrogen-bond acceptors (Lipinski definition) is 9. The molecule has 2 atom stereocenters. The van der Waals surface area contributed by atoms with E-state index in [0.29, 0.717) is 36.2 Å². The lowest BCUT2D eigenvalue weighted by Gasteiger charge is -2.36. The molecule has 2 aliphatic heterocycles. The third kappa shape index (κ3) is 6.13. The SMILES string of the molecule is CC1Cc2c(nc(OCCN(C)C)nc2N2CCNCC2)C(c2cc(OC(=O)C(F)(F)F)cc3ccccc23)N1. The van der Waals surface area contributed by atoms with E-state index in [2.05, 4.69) is 22.5 Å². The minimum atomic E-state index is -5.11. The predicted octanol–water partition coefficient (Wildman–Crippen LogP) is 3.07. The van der Waals surface area contributed by atoms with E-state index in [1.54, 1.807) is 12.1 Å². The highest BCUT2D eigenvalue weighted by atomic mass is 19.4. The molecular formula is C28H33F3N6O3. The number of halogens is 3. The molecule has 0 bridgehead atoms. The number of hydrogen-bond donors (Lipinski definition) is 2. The first-order valence-electron chi connectivity index (χ1n) is 13.3. The van der Waals surface area contributed by atoms with Crippen LogP contribution in [0.25, 0.3) is 10.8 Å². The highest BCUT2D eigenvalue weighted by molar-refractivity contribution is 5.89. The van der Waals surface area contributed by atoms with Crippen molar-refractivity contribution < 1.29 is 27.4 Å². The molecule has 214 valence electrons. The summed E-state index contributed by atoms with van der Waals surface area (Å²) in [5.74, 6) is -1.64. The Balaban J connectivity index is 1.64. The quantitative estimate of drug-likeness (QED) is 0.335. The molecule has 3 aromatic rings. The van der Waals surface area contributed by atoms with Crippen molar-refractivity contribution in [3.8, 4) is 11.8 Å². The number of nitrogens with one attached hydrogen (secondary N) is 2. The topological polar surface area (TPSA) is 91.8 Å². The predicted molar refractivity (Wildman–Crippen MR) is 145 cm³/mol. The van der Waals surface area contributed by atoms with Gasteiger partial charge >= 0.3 is 18.2 Å². The zero-order chi connectivity index (χ0) is 28.4. The van der Waals surface area contributed by atoms with Crippen molar-refractivity contribution >= 4 is 22.6 Å². The first-order chi connectivity index (χ1) is 19.1. The van der Waals surface area contributed by atoms with E-state index in [1.807, 2.05) is 31.1 Å². The van der Waals surface area contributed by atoms with E-state index in [-0.39, 0.29) is 17.8 Å². The summed E-state index contributed by atoms with van der Waals surface area (Å²) >= 11 is 0. The summed E-state index contributed by atoms with van der Waals surface area (Å²) in [4.78, 5) is 25.6. The highest BCUT2D eigenvalue weighted by Crippen LogP contribution is 2.39. The van der Waals surface area contributed by atoms with Gasteiger partial charge in [-0.25, -0.2) is 4.79 Å². The molecule has 40 heavy (non-hydrogen) atoms. The number of anilines is 1. The maximum Gasteiger partial charge on any atom is 0.491 e. The van der Waals surface area contributed by atoms with E-state index in [9.17, 15) is 18.0 Å². The lowest BCUT2D eigenvalue weighted by molar-refractivity contribution is -0.189. The third-order valence-electron chi connectivity index (χ3n) is 7.04. The lowest BCUT2D eigenvalue weighted by atomic mass is 9.88. The summed E-state index contributed by atoms with van der Waals surface area (Å²) in [6.07, 6.45) is -4.44. The van der Waals surface area contributed by atoms with Gasteiger partial charge in [-0.05, 0) is 55.9 Å². The van der Waals surface area contributed by atoms with E-state index in [0.717, 1.165) is 42.9 Å². The Morgan fingerprint density at radius 3 is 2.62 bits per heavy atom. The Labute approximate surface area is 230 Å². The van der Waals surface area contributed by atoms with E-state index in [4.69, 9.17) is 19.4 Å². The normalized spacial score (nSPS) is 19.5. The fourth-order valence-electron chi connectivity index (χ4n) is 5.17. The zero-order valence-electron chi connectivity index (χ0n) is 22.7. The summed E-state index contributed by atoms with van der Waals surface area (Å²) in [7, 11) is 3.91. The van der Waals surface area contributed by atoms with Gasteiger partial charge in [0.15, 0.2) is 0 Å². The van der Waals surface area contributed by atoms with Crippen LogP contribution in [-0.4, -0.2) is 86.5 Å². The molecule has 2 aliphatic rings. The van der Waals surface area contributed by atoms with Crippen molar-refractivity contribution in [2.45, 2.75) is 31.6 Å². The van der Waals surface area contributed by atoms with Gasteiger partial charge in [0, 0.05) is 44.3 Å². The number of benzene rings is 2. The number of aromatic nitrogens is 2. The van der Waals surface area contributed by atoms with Crippen LogP contribution in [0, 0.1) is 0 Å². The third-order valence-corrected chi connectivity index (χ3v) is 7.04. The van der Waals surface area contributed by atoms with Gasteiger partial charge in [0.05, 0.1) is 11.7 Å². The van der Waals surface area contributed by atoms with Crippen molar-refractivity contribution in [3.63, 3.8) is 0 Å². The fraction of sp³-hybridized carbons (Fsp3) is 0.464. The van der Waals surface area contributed by atoms with Gasteiger partial charge in [-0.1, -0.05) is 24.3 Å². The summed E-state index contributed by atoms with van der Waals surface area (Å²) in [5.41, 5.74) is 2.32. The van der Waals surface area contributed by atoms with Crippen LogP contribution in [0.4, 0.5) is 19.0 Å². The van der Waals surface area contributed by atoms with Gasteiger partial charge in [-0.2, -0.15) is 23.1 Å². The molecule has 1 saturated heterocycles. The van der Waals surface area contributed by atoms with E-state index < -0.39 is 18.2 Å². The van der Waals surface area contributed by atoms with Crippen molar-refractivity contribution in [2.75, 3.05) is 58.3 Å². The van der Waals surface area contributed by atoms with Gasteiger partial charge in [0.1, 0.15) is 18.2 Å². The summed E-state index contributed by atoms with van der Waals surface area (Å²) in [6.45, 7) is 6.33. The van der Waals surface area contributed by atoms with Crippen molar-refractivity contribution in [2.24, 2.45) is 0 Å². The summed E-state index contributed by atoms with van der Waals surface area (Å²) in [6, 6.07) is 10.0. The minimum Gasteiger partial charge on any atom is -0.462 e. The molecular weight excluding hydrogens is 525 g/mol. The number of alkyl halides is 3. The number of carbonyl (C=O) groups excluding carboxylic acids is 1. The number of esters is 1. The molecule has 1 fully saturated rings. The molecule has 1 aromatic heterocycles.